The number of aromatic nitrogens is 3. The first kappa shape index (κ1) is 21.8. The number of fused-ring (bicyclic) bond motifs is 1. The second-order valence-corrected chi connectivity index (χ2v) is 7.96. The number of ether oxygens (including phenoxy) is 1. The summed E-state index contributed by atoms with van der Waals surface area (Å²) in [5.41, 5.74) is 4.59. The van der Waals surface area contributed by atoms with Crippen molar-refractivity contribution in [3.05, 3.63) is 74.5 Å². The number of hydrogen-bond acceptors (Lipinski definition) is 7. The number of carbonyl (C=O) groups is 1. The largest absolute Gasteiger partial charge is 0.496 e. The lowest BCUT2D eigenvalue weighted by atomic mass is 10.1. The van der Waals surface area contributed by atoms with Crippen LogP contribution in [0.1, 0.15) is 38.6 Å². The van der Waals surface area contributed by atoms with Crippen molar-refractivity contribution in [1.82, 2.24) is 25.1 Å². The Kier molecular flexibility index (Phi) is 6.36. The second kappa shape index (κ2) is 9.35. The first-order valence-corrected chi connectivity index (χ1v) is 10.6. The van der Waals surface area contributed by atoms with Gasteiger partial charge in [0.05, 0.1) is 13.7 Å². The van der Waals surface area contributed by atoms with E-state index in [-0.39, 0.29) is 23.8 Å². The number of methoxy groups -OCH3 is 1. The average Bonchev–Trinajstić information content (AvgIpc) is 3.08. The molecule has 0 aliphatic carbocycles. The molecule has 9 heteroatoms. The predicted octanol–water partition coefficient (Wildman–Crippen LogP) is 1.85. The summed E-state index contributed by atoms with van der Waals surface area (Å²) < 4.78 is 11.8. The molecule has 0 fully saturated rings. The molecule has 1 amide bonds. The standard InChI is InChI=1S/C23H27N5O4/c1-15-6-4-5-7-17(15)14-27-9-8-19-22(20(31-3)12-21(29)28(19)11-10-27)23(30)24-13-18-16(2)25-32-26-18/h4-7,12H,8-11,13-14H2,1-3H3,(H,24,30). The topological polar surface area (TPSA) is 102 Å². The highest BCUT2D eigenvalue weighted by molar-refractivity contribution is 5.98. The number of aryl methyl sites for hydroxylation is 2. The minimum Gasteiger partial charge on any atom is -0.496 e. The molecule has 3 aromatic rings. The highest BCUT2D eigenvalue weighted by atomic mass is 16.6. The van der Waals surface area contributed by atoms with Crippen LogP contribution in [0.25, 0.3) is 0 Å². The van der Waals surface area contributed by atoms with Gasteiger partial charge in [-0.25, -0.2) is 4.63 Å². The van der Waals surface area contributed by atoms with Crippen molar-refractivity contribution in [1.29, 1.82) is 0 Å². The Labute approximate surface area is 186 Å². The highest BCUT2D eigenvalue weighted by Crippen LogP contribution is 2.23. The number of nitrogens with one attached hydrogen (secondary N) is 1. The van der Waals surface area contributed by atoms with Crippen molar-refractivity contribution in [2.24, 2.45) is 0 Å². The van der Waals surface area contributed by atoms with Crippen molar-refractivity contribution in [2.75, 3.05) is 20.2 Å². The third kappa shape index (κ3) is 4.43. The number of nitrogens with zero attached hydrogens (tertiary/aromatic N) is 4. The summed E-state index contributed by atoms with van der Waals surface area (Å²) in [5.74, 6) is -0.0403. The fraction of sp³-hybridized carbons (Fsp3) is 0.391. The van der Waals surface area contributed by atoms with E-state index in [1.807, 2.05) is 12.1 Å². The Bertz CT molecular complexity index is 1180. The lowest BCUT2D eigenvalue weighted by Gasteiger charge is -2.20. The third-order valence-electron chi connectivity index (χ3n) is 5.95. The molecule has 32 heavy (non-hydrogen) atoms. The maximum atomic E-state index is 13.1. The van der Waals surface area contributed by atoms with Gasteiger partial charge < -0.3 is 14.6 Å². The monoisotopic (exact) mass is 437 g/mol. The van der Waals surface area contributed by atoms with E-state index in [1.54, 1.807) is 11.5 Å². The summed E-state index contributed by atoms with van der Waals surface area (Å²) in [4.78, 5) is 28.2. The predicted molar refractivity (Wildman–Crippen MR) is 118 cm³/mol. The molecule has 1 aromatic carbocycles. The molecule has 2 aromatic heterocycles. The molecule has 0 atom stereocenters. The van der Waals surface area contributed by atoms with Gasteiger partial charge in [0, 0.05) is 44.4 Å². The number of benzene rings is 1. The molecule has 1 N–H and O–H groups in total. The fourth-order valence-electron chi connectivity index (χ4n) is 4.05. The van der Waals surface area contributed by atoms with E-state index < -0.39 is 0 Å². The quantitative estimate of drug-likeness (QED) is 0.628. The van der Waals surface area contributed by atoms with Crippen LogP contribution < -0.4 is 15.6 Å². The maximum absolute atomic E-state index is 13.1. The molecule has 0 saturated heterocycles. The van der Waals surface area contributed by atoms with Crippen LogP contribution in [0.15, 0.2) is 39.8 Å². The maximum Gasteiger partial charge on any atom is 0.257 e. The first-order chi connectivity index (χ1) is 15.5. The van der Waals surface area contributed by atoms with Gasteiger partial charge in [-0.05, 0) is 25.0 Å². The van der Waals surface area contributed by atoms with Gasteiger partial charge in [0.25, 0.3) is 11.5 Å². The number of rotatable bonds is 6. The molecule has 3 heterocycles. The molecule has 0 radical (unpaired) electrons. The lowest BCUT2D eigenvalue weighted by molar-refractivity contribution is 0.0944. The summed E-state index contributed by atoms with van der Waals surface area (Å²) in [5, 5.41) is 10.4. The van der Waals surface area contributed by atoms with E-state index in [0.29, 0.717) is 35.6 Å². The minimum absolute atomic E-state index is 0.164. The zero-order chi connectivity index (χ0) is 22.7. The van der Waals surface area contributed by atoms with E-state index in [1.165, 1.54) is 24.3 Å². The van der Waals surface area contributed by atoms with E-state index in [4.69, 9.17) is 9.37 Å². The van der Waals surface area contributed by atoms with Crippen molar-refractivity contribution in [2.45, 2.75) is 39.9 Å². The summed E-state index contributed by atoms with van der Waals surface area (Å²) in [6, 6.07) is 9.69. The van der Waals surface area contributed by atoms with E-state index >= 15 is 0 Å². The van der Waals surface area contributed by atoms with Crippen LogP contribution in [0, 0.1) is 13.8 Å². The van der Waals surface area contributed by atoms with Gasteiger partial charge in [-0.3, -0.25) is 14.5 Å². The van der Waals surface area contributed by atoms with Crippen LogP contribution in [0.2, 0.25) is 0 Å². The zero-order valence-electron chi connectivity index (χ0n) is 18.6. The molecule has 4 rings (SSSR count). The number of amides is 1. The molecule has 0 spiro atoms. The molecule has 9 nitrogen and oxygen atoms in total. The Morgan fingerprint density at radius 3 is 2.72 bits per heavy atom. The Morgan fingerprint density at radius 1 is 1.19 bits per heavy atom. The molecule has 0 saturated carbocycles. The molecule has 1 aliphatic heterocycles. The van der Waals surface area contributed by atoms with Crippen molar-refractivity contribution >= 4 is 5.91 Å². The van der Waals surface area contributed by atoms with Crippen molar-refractivity contribution in [3.63, 3.8) is 0 Å². The molecular weight excluding hydrogens is 410 g/mol. The van der Waals surface area contributed by atoms with E-state index in [9.17, 15) is 9.59 Å². The highest BCUT2D eigenvalue weighted by Gasteiger charge is 2.25. The first-order valence-electron chi connectivity index (χ1n) is 10.6. The summed E-state index contributed by atoms with van der Waals surface area (Å²) in [6.07, 6.45) is 0.561. The molecular formula is C23H27N5O4. The van der Waals surface area contributed by atoms with Gasteiger partial charge >= 0.3 is 0 Å². The number of carbonyl (C=O) groups excluding carboxylic acids is 1. The molecule has 0 bridgehead atoms. The second-order valence-electron chi connectivity index (χ2n) is 7.96. The smallest absolute Gasteiger partial charge is 0.257 e. The van der Waals surface area contributed by atoms with Gasteiger partial charge in [-0.2, -0.15) is 0 Å². The number of hydrogen-bond donors (Lipinski definition) is 1. The van der Waals surface area contributed by atoms with Gasteiger partial charge in [0.15, 0.2) is 0 Å². The fourth-order valence-corrected chi connectivity index (χ4v) is 4.05. The average molecular weight is 438 g/mol. The zero-order valence-corrected chi connectivity index (χ0v) is 18.6. The van der Waals surface area contributed by atoms with Gasteiger partial charge in [-0.1, -0.05) is 34.6 Å². The molecule has 168 valence electrons. The van der Waals surface area contributed by atoms with Crippen molar-refractivity contribution in [3.8, 4) is 5.75 Å². The summed E-state index contributed by atoms with van der Waals surface area (Å²) in [7, 11) is 1.47. The third-order valence-corrected chi connectivity index (χ3v) is 5.95. The lowest BCUT2D eigenvalue weighted by Crippen LogP contribution is -2.31. The van der Waals surface area contributed by atoms with Crippen LogP contribution in [-0.4, -0.2) is 45.9 Å². The van der Waals surface area contributed by atoms with Crippen LogP contribution in [-0.2, 0) is 26.1 Å². The Morgan fingerprint density at radius 2 is 2.00 bits per heavy atom. The van der Waals surface area contributed by atoms with E-state index in [0.717, 1.165) is 19.6 Å². The normalized spacial score (nSPS) is 14.0. The Balaban J connectivity index is 1.59. The van der Waals surface area contributed by atoms with Gasteiger partial charge in [-0.15, -0.1) is 0 Å². The molecule has 1 aliphatic rings. The SMILES string of the molecule is COc1cc(=O)n2c(c1C(=O)NCc1nonc1C)CCN(Cc1ccccc1C)CC2. The van der Waals surface area contributed by atoms with Crippen LogP contribution in [0.5, 0.6) is 5.75 Å². The summed E-state index contributed by atoms with van der Waals surface area (Å²) in [6.45, 7) is 6.80. The van der Waals surface area contributed by atoms with Crippen LogP contribution in [0.4, 0.5) is 0 Å². The van der Waals surface area contributed by atoms with Crippen LogP contribution in [0.3, 0.4) is 0 Å². The summed E-state index contributed by atoms with van der Waals surface area (Å²) >= 11 is 0. The van der Waals surface area contributed by atoms with Crippen LogP contribution >= 0.6 is 0 Å². The van der Waals surface area contributed by atoms with E-state index in [2.05, 4.69) is 39.6 Å². The molecule has 0 unspecified atom stereocenters. The van der Waals surface area contributed by atoms with Gasteiger partial charge in [0.1, 0.15) is 22.7 Å². The van der Waals surface area contributed by atoms with Crippen molar-refractivity contribution < 1.29 is 14.2 Å². The minimum atomic E-state index is -0.319. The van der Waals surface area contributed by atoms with Gasteiger partial charge in [0.2, 0.25) is 0 Å². The number of pyridine rings is 1. The Hall–Kier alpha value is -3.46.